The number of esters is 1. The van der Waals surface area contributed by atoms with Crippen LogP contribution in [0.1, 0.15) is 99.1 Å². The minimum absolute atomic E-state index is 0.181. The van der Waals surface area contributed by atoms with Crippen LogP contribution in [-0.2, 0) is 27.8 Å². The molecule has 3 nitrogen and oxygen atoms in total. The molecular weight excluding hydrogens is 428 g/mol. The van der Waals surface area contributed by atoms with Crippen molar-refractivity contribution in [1.29, 1.82) is 0 Å². The van der Waals surface area contributed by atoms with Gasteiger partial charge in [-0.1, -0.05) is 51.9 Å². The van der Waals surface area contributed by atoms with Crippen LogP contribution in [-0.4, -0.2) is 19.2 Å². The molecule has 0 saturated heterocycles. The van der Waals surface area contributed by atoms with Crippen LogP contribution in [0.15, 0.2) is 24.3 Å². The largest absolute Gasteiger partial charge is 0.493 e. The van der Waals surface area contributed by atoms with Gasteiger partial charge in [0.25, 0.3) is 0 Å². The highest BCUT2D eigenvalue weighted by Crippen LogP contribution is 2.44. The first-order valence-corrected chi connectivity index (χ1v) is 13.4. The fourth-order valence-electron chi connectivity index (χ4n) is 4.72. The number of carbonyl (C=O) groups excluding carboxylic acids is 1. The highest BCUT2D eigenvalue weighted by atomic mass is 32.1. The monoisotopic (exact) mass is 466 g/mol. The van der Waals surface area contributed by atoms with Gasteiger partial charge >= 0.3 is 5.97 Å². The lowest BCUT2D eigenvalue weighted by molar-refractivity contribution is -0.142. The second-order valence-electron chi connectivity index (χ2n) is 8.90. The van der Waals surface area contributed by atoms with E-state index in [-0.39, 0.29) is 11.4 Å². The zero-order valence-electron chi connectivity index (χ0n) is 20.7. The van der Waals surface area contributed by atoms with Gasteiger partial charge in [-0.05, 0) is 68.9 Å². The SMILES string of the molecule is CCCCCCc1cc2c(cc1C#Cc1ccc(CC(=O)OCC)s1)C(CC)(CC)CCO2. The Morgan fingerprint density at radius 2 is 1.91 bits per heavy atom. The van der Waals surface area contributed by atoms with Gasteiger partial charge in [0.2, 0.25) is 0 Å². The van der Waals surface area contributed by atoms with E-state index >= 15 is 0 Å². The lowest BCUT2D eigenvalue weighted by Crippen LogP contribution is -2.32. The molecule has 0 unspecified atom stereocenters. The molecule has 4 heteroatoms. The molecule has 0 atom stereocenters. The van der Waals surface area contributed by atoms with Crippen LogP contribution in [0, 0.1) is 11.8 Å². The number of fused-ring (bicyclic) bond motifs is 1. The third-order valence-corrected chi connectivity index (χ3v) is 7.87. The quantitative estimate of drug-likeness (QED) is 0.211. The van der Waals surface area contributed by atoms with Crippen molar-refractivity contribution in [2.45, 2.75) is 90.9 Å². The molecular formula is C29H38O3S. The number of carbonyl (C=O) groups is 1. The average molecular weight is 467 g/mol. The van der Waals surface area contributed by atoms with E-state index in [1.165, 1.54) is 36.8 Å². The summed E-state index contributed by atoms with van der Waals surface area (Å²) < 4.78 is 11.2. The number of thiophene rings is 1. The second-order valence-corrected chi connectivity index (χ2v) is 10.1. The molecule has 1 aliphatic heterocycles. The Hall–Kier alpha value is -2.25. The first-order valence-electron chi connectivity index (χ1n) is 12.6. The van der Waals surface area contributed by atoms with Crippen LogP contribution in [0.5, 0.6) is 5.75 Å². The molecule has 0 aliphatic carbocycles. The van der Waals surface area contributed by atoms with E-state index in [0.29, 0.717) is 13.0 Å². The van der Waals surface area contributed by atoms with E-state index in [1.54, 1.807) is 11.3 Å². The number of unbranched alkanes of at least 4 members (excludes halogenated alkanes) is 3. The molecule has 1 aromatic carbocycles. The van der Waals surface area contributed by atoms with Crippen LogP contribution >= 0.6 is 11.3 Å². The summed E-state index contributed by atoms with van der Waals surface area (Å²) in [6.07, 6.45) is 9.58. The number of benzene rings is 1. The Bertz CT molecular complexity index is 988. The molecule has 0 fully saturated rings. The standard InChI is InChI=1S/C29H38O3S/c1-5-9-10-11-12-22-20-27-26(29(6-2,7-3)17-18-32-27)19-23(22)13-14-24-15-16-25(33-24)21-28(30)31-8-4/h15-16,19-20H,5-12,17-18,21H2,1-4H3. The van der Waals surface area contributed by atoms with Gasteiger partial charge in [-0.25, -0.2) is 0 Å². The smallest absolute Gasteiger partial charge is 0.311 e. The Kier molecular flexibility index (Phi) is 9.44. The van der Waals surface area contributed by atoms with Crippen LogP contribution in [0.25, 0.3) is 0 Å². The number of ether oxygens (including phenoxy) is 2. The lowest BCUT2D eigenvalue weighted by atomic mass is 9.71. The minimum atomic E-state index is -0.182. The van der Waals surface area contributed by atoms with Crippen molar-refractivity contribution in [2.75, 3.05) is 13.2 Å². The summed E-state index contributed by atoms with van der Waals surface area (Å²) in [6.45, 7) is 9.87. The molecule has 0 spiro atoms. The van der Waals surface area contributed by atoms with E-state index in [2.05, 4.69) is 44.7 Å². The van der Waals surface area contributed by atoms with Crippen LogP contribution in [0.4, 0.5) is 0 Å². The van der Waals surface area contributed by atoms with E-state index in [0.717, 1.165) is 53.4 Å². The maximum atomic E-state index is 11.8. The fourth-order valence-corrected chi connectivity index (χ4v) is 5.57. The molecule has 0 bridgehead atoms. The van der Waals surface area contributed by atoms with E-state index in [4.69, 9.17) is 9.47 Å². The molecule has 2 heterocycles. The third-order valence-electron chi connectivity index (χ3n) is 6.87. The Labute approximate surface area is 203 Å². The van der Waals surface area contributed by atoms with Gasteiger partial charge in [0.1, 0.15) is 5.75 Å². The van der Waals surface area contributed by atoms with Crippen molar-refractivity contribution >= 4 is 17.3 Å². The van der Waals surface area contributed by atoms with Gasteiger partial charge in [-0.2, -0.15) is 0 Å². The number of rotatable bonds is 10. The molecule has 1 aromatic heterocycles. The summed E-state index contributed by atoms with van der Waals surface area (Å²) in [5.74, 6) is 7.74. The summed E-state index contributed by atoms with van der Waals surface area (Å²) in [7, 11) is 0. The van der Waals surface area contributed by atoms with Crippen molar-refractivity contribution in [3.63, 3.8) is 0 Å². The van der Waals surface area contributed by atoms with Gasteiger partial charge < -0.3 is 9.47 Å². The molecule has 0 saturated carbocycles. The average Bonchev–Trinajstić information content (AvgIpc) is 3.27. The van der Waals surface area contributed by atoms with Gasteiger partial charge in [-0.3, -0.25) is 4.79 Å². The van der Waals surface area contributed by atoms with Crippen LogP contribution < -0.4 is 4.74 Å². The van der Waals surface area contributed by atoms with E-state index in [9.17, 15) is 4.79 Å². The van der Waals surface area contributed by atoms with Crippen molar-refractivity contribution in [2.24, 2.45) is 0 Å². The predicted molar refractivity (Wildman–Crippen MR) is 137 cm³/mol. The highest BCUT2D eigenvalue weighted by Gasteiger charge is 2.35. The van der Waals surface area contributed by atoms with E-state index in [1.807, 2.05) is 19.1 Å². The Morgan fingerprint density at radius 1 is 1.09 bits per heavy atom. The second kappa shape index (κ2) is 12.3. The highest BCUT2D eigenvalue weighted by molar-refractivity contribution is 7.12. The first-order chi connectivity index (χ1) is 16.0. The zero-order chi connectivity index (χ0) is 23.7. The topological polar surface area (TPSA) is 35.5 Å². The van der Waals surface area contributed by atoms with Crippen molar-refractivity contribution in [3.8, 4) is 17.6 Å². The lowest BCUT2D eigenvalue weighted by Gasteiger charge is -2.38. The normalized spacial score (nSPS) is 14.1. The molecule has 178 valence electrons. The molecule has 2 aromatic rings. The van der Waals surface area contributed by atoms with Crippen molar-refractivity contribution in [3.05, 3.63) is 50.7 Å². The van der Waals surface area contributed by atoms with Crippen molar-refractivity contribution in [1.82, 2.24) is 0 Å². The summed E-state index contributed by atoms with van der Waals surface area (Å²) in [5.41, 5.74) is 3.93. The summed E-state index contributed by atoms with van der Waals surface area (Å²) in [4.78, 5) is 13.8. The van der Waals surface area contributed by atoms with E-state index < -0.39 is 0 Å². The van der Waals surface area contributed by atoms with Gasteiger partial charge in [0.05, 0.1) is 24.5 Å². The Balaban J connectivity index is 1.91. The third kappa shape index (κ3) is 6.42. The first kappa shape index (κ1) is 25.4. The summed E-state index contributed by atoms with van der Waals surface area (Å²) in [6, 6.07) is 8.58. The molecule has 3 rings (SSSR count). The number of hydrogen-bond donors (Lipinski definition) is 0. The minimum Gasteiger partial charge on any atom is -0.493 e. The number of aryl methyl sites for hydroxylation is 1. The molecule has 0 amide bonds. The summed E-state index contributed by atoms with van der Waals surface area (Å²) >= 11 is 1.58. The maximum absolute atomic E-state index is 11.8. The van der Waals surface area contributed by atoms with Crippen molar-refractivity contribution < 1.29 is 14.3 Å². The molecule has 1 aliphatic rings. The molecule has 0 N–H and O–H groups in total. The van der Waals surface area contributed by atoms with Crippen LogP contribution in [0.2, 0.25) is 0 Å². The van der Waals surface area contributed by atoms with Gasteiger partial charge in [0, 0.05) is 21.4 Å². The molecule has 33 heavy (non-hydrogen) atoms. The number of hydrogen-bond acceptors (Lipinski definition) is 4. The summed E-state index contributed by atoms with van der Waals surface area (Å²) in [5, 5.41) is 0. The fraction of sp³-hybridized carbons (Fsp3) is 0.552. The van der Waals surface area contributed by atoms with Crippen LogP contribution in [0.3, 0.4) is 0 Å². The van der Waals surface area contributed by atoms with Gasteiger partial charge in [0.15, 0.2) is 0 Å². The van der Waals surface area contributed by atoms with Gasteiger partial charge in [-0.15, -0.1) is 11.3 Å². The molecule has 0 radical (unpaired) electrons. The maximum Gasteiger partial charge on any atom is 0.311 e. The Morgan fingerprint density at radius 3 is 2.64 bits per heavy atom. The predicted octanol–water partition coefficient (Wildman–Crippen LogP) is 7.22. The zero-order valence-corrected chi connectivity index (χ0v) is 21.5.